The Morgan fingerprint density at radius 2 is 1.53 bits per heavy atom. The van der Waals surface area contributed by atoms with Crippen molar-refractivity contribution in [3.05, 3.63) is 66.2 Å². The standard InChI is InChI=1S/C17H14N.C17H32O2.Ir/c1-2-13-8-9-15-10-11-16(18-17(15)12-13)14-6-4-3-5-7-14;1-5-16(6-2)10-9-12-11-17(7-3,8-4)15(19)13(12)14(16)18;/h3-6,8-12H,2H2,1H3;12-15,18-19H,5-11H2,1-4H3;/q-1;;. The van der Waals surface area contributed by atoms with Gasteiger partial charge in [0.15, 0.2) is 0 Å². The van der Waals surface area contributed by atoms with E-state index in [9.17, 15) is 10.2 Å². The quantitative estimate of drug-likeness (QED) is 0.258. The Labute approximate surface area is 243 Å². The van der Waals surface area contributed by atoms with Gasteiger partial charge in [0.2, 0.25) is 0 Å². The van der Waals surface area contributed by atoms with E-state index in [0.717, 1.165) is 61.7 Å². The van der Waals surface area contributed by atoms with E-state index in [1.54, 1.807) is 0 Å². The zero-order chi connectivity index (χ0) is 26.6. The third-order valence-corrected chi connectivity index (χ3v) is 10.2. The number of nitrogens with zero attached hydrogens (tertiary/aromatic N) is 1. The van der Waals surface area contributed by atoms with Gasteiger partial charge >= 0.3 is 0 Å². The van der Waals surface area contributed by atoms with Gasteiger partial charge in [-0.25, -0.2) is 0 Å². The van der Waals surface area contributed by atoms with Crippen LogP contribution in [0, 0.1) is 28.7 Å². The summed E-state index contributed by atoms with van der Waals surface area (Å²) >= 11 is 0. The number of aliphatic hydroxyl groups is 2. The zero-order valence-electron chi connectivity index (χ0n) is 23.8. The van der Waals surface area contributed by atoms with Crippen LogP contribution in [0.5, 0.6) is 0 Å². The van der Waals surface area contributed by atoms with Crippen LogP contribution in [0.15, 0.2) is 54.6 Å². The zero-order valence-corrected chi connectivity index (χ0v) is 26.2. The molecule has 1 aromatic heterocycles. The van der Waals surface area contributed by atoms with Crippen molar-refractivity contribution in [2.45, 2.75) is 98.2 Å². The minimum absolute atomic E-state index is 0. The molecule has 2 fully saturated rings. The van der Waals surface area contributed by atoms with Crippen molar-refractivity contribution >= 4 is 10.9 Å². The van der Waals surface area contributed by atoms with E-state index >= 15 is 0 Å². The molecule has 4 atom stereocenters. The molecule has 38 heavy (non-hydrogen) atoms. The molecule has 2 aromatic carbocycles. The van der Waals surface area contributed by atoms with E-state index < -0.39 is 0 Å². The molecule has 2 saturated carbocycles. The molecular weight excluding hydrogens is 647 g/mol. The molecule has 2 aliphatic rings. The first kappa shape index (κ1) is 31.0. The first-order valence-electron chi connectivity index (χ1n) is 14.6. The summed E-state index contributed by atoms with van der Waals surface area (Å²) in [5.41, 5.74) is 4.53. The summed E-state index contributed by atoms with van der Waals surface area (Å²) < 4.78 is 0. The number of hydrogen-bond acceptors (Lipinski definition) is 3. The second-order valence-corrected chi connectivity index (χ2v) is 11.5. The number of hydrogen-bond donors (Lipinski definition) is 2. The van der Waals surface area contributed by atoms with Crippen LogP contribution < -0.4 is 0 Å². The molecule has 0 saturated heterocycles. The molecule has 3 nitrogen and oxygen atoms in total. The van der Waals surface area contributed by atoms with Crippen molar-refractivity contribution in [2.24, 2.45) is 22.7 Å². The fourth-order valence-electron chi connectivity index (χ4n) is 7.26. The van der Waals surface area contributed by atoms with Crippen molar-refractivity contribution in [3.8, 4) is 11.3 Å². The molecule has 0 amide bonds. The molecule has 5 rings (SSSR count). The Bertz CT molecular complexity index is 1150. The van der Waals surface area contributed by atoms with Crippen molar-refractivity contribution in [1.29, 1.82) is 0 Å². The molecular formula is C34H46IrNO2-. The number of rotatable bonds is 6. The van der Waals surface area contributed by atoms with Crippen molar-refractivity contribution in [2.75, 3.05) is 0 Å². The molecule has 0 spiro atoms. The summed E-state index contributed by atoms with van der Waals surface area (Å²) in [4.78, 5) is 4.72. The fraction of sp³-hybridized carbons (Fsp3) is 0.559. The van der Waals surface area contributed by atoms with Gasteiger partial charge in [0.05, 0.1) is 17.7 Å². The van der Waals surface area contributed by atoms with Crippen LogP contribution in [0.3, 0.4) is 0 Å². The van der Waals surface area contributed by atoms with Gasteiger partial charge < -0.3 is 10.2 Å². The van der Waals surface area contributed by atoms with Crippen LogP contribution in [0.2, 0.25) is 0 Å². The van der Waals surface area contributed by atoms with E-state index in [2.05, 4.69) is 71.0 Å². The molecule has 209 valence electrons. The van der Waals surface area contributed by atoms with E-state index in [1.807, 2.05) is 24.3 Å². The average Bonchev–Trinajstić information content (AvgIpc) is 3.26. The van der Waals surface area contributed by atoms with Crippen LogP contribution in [0.4, 0.5) is 0 Å². The Hall–Kier alpha value is -1.58. The summed E-state index contributed by atoms with van der Waals surface area (Å²) in [5, 5.41) is 23.0. The predicted octanol–water partition coefficient (Wildman–Crippen LogP) is 8.01. The number of aryl methyl sites for hydroxylation is 1. The van der Waals surface area contributed by atoms with Crippen molar-refractivity contribution in [3.63, 3.8) is 0 Å². The van der Waals surface area contributed by atoms with E-state index in [0.29, 0.717) is 5.92 Å². The number of aliphatic hydroxyl groups excluding tert-OH is 2. The molecule has 2 aliphatic carbocycles. The van der Waals surface area contributed by atoms with Gasteiger partial charge in [-0.1, -0.05) is 58.9 Å². The average molecular weight is 693 g/mol. The number of aromatic nitrogens is 1. The fourth-order valence-corrected chi connectivity index (χ4v) is 7.26. The summed E-state index contributed by atoms with van der Waals surface area (Å²) in [5.74, 6) is 0.657. The third kappa shape index (κ3) is 5.80. The smallest absolute Gasteiger partial charge is 0.0651 e. The summed E-state index contributed by atoms with van der Waals surface area (Å²) in [6, 6.07) is 21.8. The first-order chi connectivity index (χ1) is 17.9. The molecule has 0 bridgehead atoms. The first-order valence-corrected chi connectivity index (χ1v) is 14.6. The van der Waals surface area contributed by atoms with Crippen molar-refractivity contribution < 1.29 is 30.3 Å². The molecule has 3 aromatic rings. The van der Waals surface area contributed by atoms with Gasteiger partial charge in [0, 0.05) is 26.0 Å². The second-order valence-electron chi connectivity index (χ2n) is 11.5. The second kappa shape index (κ2) is 13.2. The largest absolute Gasteiger partial charge is 0.392 e. The predicted molar refractivity (Wildman–Crippen MR) is 154 cm³/mol. The van der Waals surface area contributed by atoms with Gasteiger partial charge in [0.1, 0.15) is 0 Å². The van der Waals surface area contributed by atoms with E-state index in [4.69, 9.17) is 4.98 Å². The Balaban J connectivity index is 0.000000205. The van der Waals surface area contributed by atoms with Crippen LogP contribution in [0.1, 0.15) is 85.1 Å². The minimum Gasteiger partial charge on any atom is -0.392 e. The van der Waals surface area contributed by atoms with Gasteiger partial charge in [0.25, 0.3) is 0 Å². The minimum atomic E-state index is -0.309. The molecule has 1 radical (unpaired) electrons. The van der Waals surface area contributed by atoms with Crippen LogP contribution in [0.25, 0.3) is 22.2 Å². The normalized spacial score (nSPS) is 25.1. The maximum Gasteiger partial charge on any atom is 0.0651 e. The van der Waals surface area contributed by atoms with Crippen molar-refractivity contribution in [1.82, 2.24) is 4.98 Å². The van der Waals surface area contributed by atoms with Crippen LogP contribution >= 0.6 is 0 Å². The van der Waals surface area contributed by atoms with Gasteiger partial charge in [-0.05, 0) is 90.8 Å². The summed E-state index contributed by atoms with van der Waals surface area (Å²) in [7, 11) is 0. The van der Waals surface area contributed by atoms with Crippen LogP contribution in [-0.2, 0) is 26.5 Å². The number of benzene rings is 2. The van der Waals surface area contributed by atoms with Gasteiger partial charge in [-0.2, -0.15) is 0 Å². The van der Waals surface area contributed by atoms with E-state index in [1.165, 1.54) is 17.4 Å². The summed E-state index contributed by atoms with van der Waals surface area (Å²) in [6.45, 7) is 10.9. The maximum atomic E-state index is 10.9. The third-order valence-electron chi connectivity index (χ3n) is 10.2. The molecule has 4 heteroatoms. The van der Waals surface area contributed by atoms with Crippen LogP contribution in [-0.4, -0.2) is 27.4 Å². The van der Waals surface area contributed by atoms with E-state index in [-0.39, 0.29) is 49.1 Å². The van der Waals surface area contributed by atoms with Gasteiger partial charge in [-0.15, -0.1) is 35.9 Å². The number of pyridine rings is 1. The van der Waals surface area contributed by atoms with Gasteiger partial charge in [-0.3, -0.25) is 4.98 Å². The maximum absolute atomic E-state index is 10.9. The molecule has 2 N–H and O–H groups in total. The SMILES string of the molecule is CCC1(CC)CCC2CC(CC)(CC)C(O)C2C1O.CCc1ccc2ccc(-c3[c-]cccc3)nc2c1.[Ir]. The monoisotopic (exact) mass is 693 g/mol. The Morgan fingerprint density at radius 3 is 2.13 bits per heavy atom. The Kier molecular flexibility index (Phi) is 10.7. The Morgan fingerprint density at radius 1 is 0.868 bits per heavy atom. The molecule has 1 heterocycles. The topological polar surface area (TPSA) is 53.4 Å². The number of fused-ring (bicyclic) bond motifs is 2. The molecule has 4 unspecified atom stereocenters. The summed E-state index contributed by atoms with van der Waals surface area (Å²) in [6.07, 6.45) is 8.02. The molecule has 0 aliphatic heterocycles.